The molecule has 0 unspecified atom stereocenters. The second kappa shape index (κ2) is 8.00. The second-order valence-electron chi connectivity index (χ2n) is 6.81. The molecule has 0 aliphatic carbocycles. The zero-order valence-corrected chi connectivity index (χ0v) is 16.2. The van der Waals surface area contributed by atoms with Gasteiger partial charge in [0.25, 0.3) is 11.5 Å². The van der Waals surface area contributed by atoms with E-state index < -0.39 is 0 Å². The van der Waals surface area contributed by atoms with Gasteiger partial charge in [0.2, 0.25) is 0 Å². The Kier molecular flexibility index (Phi) is 5.09. The van der Waals surface area contributed by atoms with Crippen molar-refractivity contribution < 1.29 is 4.79 Å². The molecule has 2 aromatic heterocycles. The number of nitrogens with one attached hydrogen (secondary N) is 2. The summed E-state index contributed by atoms with van der Waals surface area (Å²) in [7, 11) is 0. The maximum absolute atomic E-state index is 12.9. The minimum absolute atomic E-state index is 0.249. The third kappa shape index (κ3) is 3.95. The standard InChI is InChI=1S/C23H19N5O2/c1-14-7-8-15(19-9-10-21(29)28-27-19)13-20(14)26-23(30)17-5-2-4-16(12-17)22-18(24)6-3-11-25-22/h2-13H,24H2,1H3,(H,26,30)(H,28,29). The SMILES string of the molecule is Cc1ccc(-c2ccc(=O)[nH]n2)cc1NC(=O)c1cccc(-c2ncccc2N)c1. The van der Waals surface area contributed by atoms with E-state index in [0.717, 1.165) is 16.7 Å². The Morgan fingerprint density at radius 3 is 2.63 bits per heavy atom. The summed E-state index contributed by atoms with van der Waals surface area (Å²) in [6.07, 6.45) is 1.66. The van der Waals surface area contributed by atoms with Crippen molar-refractivity contribution in [2.45, 2.75) is 6.92 Å². The van der Waals surface area contributed by atoms with Gasteiger partial charge in [0.05, 0.1) is 17.1 Å². The number of rotatable bonds is 4. The molecule has 0 spiro atoms. The largest absolute Gasteiger partial charge is 0.397 e. The third-order valence-corrected chi connectivity index (χ3v) is 4.70. The lowest BCUT2D eigenvalue weighted by atomic mass is 10.0. The minimum atomic E-state index is -0.271. The van der Waals surface area contributed by atoms with Crippen LogP contribution in [0.5, 0.6) is 0 Å². The van der Waals surface area contributed by atoms with Crippen LogP contribution in [0.25, 0.3) is 22.5 Å². The molecule has 7 heteroatoms. The summed E-state index contributed by atoms with van der Waals surface area (Å²) in [6.45, 7) is 1.91. The van der Waals surface area contributed by atoms with Gasteiger partial charge in [0.1, 0.15) is 0 Å². The lowest BCUT2D eigenvalue weighted by Crippen LogP contribution is -2.13. The number of anilines is 2. The monoisotopic (exact) mass is 397 g/mol. The number of pyridine rings is 1. The smallest absolute Gasteiger partial charge is 0.264 e. The van der Waals surface area contributed by atoms with Gasteiger partial charge in [-0.25, -0.2) is 5.10 Å². The number of benzene rings is 2. The van der Waals surface area contributed by atoms with Crippen LogP contribution in [-0.2, 0) is 0 Å². The van der Waals surface area contributed by atoms with Crippen LogP contribution < -0.4 is 16.6 Å². The number of hydrogen-bond donors (Lipinski definition) is 3. The number of hydrogen-bond acceptors (Lipinski definition) is 5. The fourth-order valence-corrected chi connectivity index (χ4v) is 3.08. The predicted molar refractivity (Wildman–Crippen MR) is 117 cm³/mol. The fraction of sp³-hybridized carbons (Fsp3) is 0.0435. The minimum Gasteiger partial charge on any atom is -0.397 e. The summed E-state index contributed by atoms with van der Waals surface area (Å²) < 4.78 is 0. The summed E-state index contributed by atoms with van der Waals surface area (Å²) in [6, 6.07) is 19.3. The van der Waals surface area contributed by atoms with E-state index in [0.29, 0.717) is 28.3 Å². The van der Waals surface area contributed by atoms with Crippen molar-refractivity contribution >= 4 is 17.3 Å². The van der Waals surface area contributed by atoms with Crippen molar-refractivity contribution in [3.63, 3.8) is 0 Å². The Hall–Kier alpha value is -4.26. The van der Waals surface area contributed by atoms with Gasteiger partial charge in [-0.2, -0.15) is 5.10 Å². The maximum Gasteiger partial charge on any atom is 0.264 e. The molecule has 2 heterocycles. The number of aromatic nitrogens is 3. The Bertz CT molecular complexity index is 1280. The van der Waals surface area contributed by atoms with E-state index in [1.807, 2.05) is 31.2 Å². The first-order chi connectivity index (χ1) is 14.5. The molecule has 4 N–H and O–H groups in total. The summed E-state index contributed by atoms with van der Waals surface area (Å²) in [5.41, 5.74) is 11.1. The molecule has 0 aliphatic heterocycles. The van der Waals surface area contributed by atoms with Crippen molar-refractivity contribution in [1.82, 2.24) is 15.2 Å². The Labute approximate surface area is 172 Å². The molecular formula is C23H19N5O2. The first-order valence-electron chi connectivity index (χ1n) is 9.30. The third-order valence-electron chi connectivity index (χ3n) is 4.70. The Morgan fingerprint density at radius 2 is 1.87 bits per heavy atom. The summed E-state index contributed by atoms with van der Waals surface area (Å²) >= 11 is 0. The van der Waals surface area contributed by atoms with E-state index in [4.69, 9.17) is 5.73 Å². The van der Waals surface area contributed by atoms with Crippen LogP contribution in [0.1, 0.15) is 15.9 Å². The average Bonchev–Trinajstić information content (AvgIpc) is 2.76. The van der Waals surface area contributed by atoms with Crippen molar-refractivity contribution in [2.75, 3.05) is 11.1 Å². The highest BCUT2D eigenvalue weighted by molar-refractivity contribution is 6.05. The van der Waals surface area contributed by atoms with Gasteiger partial charge in [0.15, 0.2) is 0 Å². The molecule has 0 aliphatic rings. The molecule has 0 fully saturated rings. The number of carbonyl (C=O) groups is 1. The molecule has 1 amide bonds. The number of amides is 1. The van der Waals surface area contributed by atoms with E-state index >= 15 is 0 Å². The van der Waals surface area contributed by atoms with Gasteiger partial charge in [-0.15, -0.1) is 0 Å². The molecule has 0 atom stereocenters. The molecule has 0 radical (unpaired) electrons. The highest BCUT2D eigenvalue weighted by Crippen LogP contribution is 2.26. The Morgan fingerprint density at radius 1 is 1.00 bits per heavy atom. The molecule has 4 aromatic rings. The zero-order valence-electron chi connectivity index (χ0n) is 16.2. The topological polar surface area (TPSA) is 114 Å². The molecule has 30 heavy (non-hydrogen) atoms. The number of aryl methyl sites for hydroxylation is 1. The van der Waals surface area contributed by atoms with Crippen molar-refractivity contribution in [2.24, 2.45) is 0 Å². The molecule has 4 rings (SSSR count). The zero-order chi connectivity index (χ0) is 21.1. The van der Waals surface area contributed by atoms with Crippen molar-refractivity contribution in [1.29, 1.82) is 0 Å². The number of carbonyl (C=O) groups excluding carboxylic acids is 1. The van der Waals surface area contributed by atoms with Crippen molar-refractivity contribution in [3.05, 3.63) is 94.4 Å². The lowest BCUT2D eigenvalue weighted by Gasteiger charge is -2.11. The van der Waals surface area contributed by atoms with E-state index in [2.05, 4.69) is 20.5 Å². The molecule has 148 valence electrons. The molecular weight excluding hydrogens is 378 g/mol. The molecule has 0 saturated heterocycles. The van der Waals surface area contributed by atoms with E-state index in [9.17, 15) is 9.59 Å². The second-order valence-corrected chi connectivity index (χ2v) is 6.81. The van der Waals surface area contributed by atoms with Gasteiger partial charge >= 0.3 is 0 Å². The lowest BCUT2D eigenvalue weighted by molar-refractivity contribution is 0.102. The van der Waals surface area contributed by atoms with Crippen LogP contribution in [0.2, 0.25) is 0 Å². The number of aromatic amines is 1. The summed E-state index contributed by atoms with van der Waals surface area (Å²) in [5.74, 6) is -0.249. The van der Waals surface area contributed by atoms with Gasteiger partial charge < -0.3 is 11.1 Å². The quantitative estimate of drug-likeness (QED) is 0.486. The summed E-state index contributed by atoms with van der Waals surface area (Å²) in [5, 5.41) is 9.41. The molecule has 2 aromatic carbocycles. The van der Waals surface area contributed by atoms with Crippen LogP contribution in [0, 0.1) is 6.92 Å². The highest BCUT2D eigenvalue weighted by atomic mass is 16.1. The van der Waals surface area contributed by atoms with Crippen LogP contribution in [-0.4, -0.2) is 21.1 Å². The predicted octanol–water partition coefficient (Wildman–Crippen LogP) is 3.64. The van der Waals surface area contributed by atoms with Gasteiger partial charge in [0, 0.05) is 34.6 Å². The van der Waals surface area contributed by atoms with Crippen molar-refractivity contribution in [3.8, 4) is 22.5 Å². The number of H-pyrrole nitrogens is 1. The summed E-state index contributed by atoms with van der Waals surface area (Å²) in [4.78, 5) is 28.5. The Balaban J connectivity index is 1.62. The van der Waals surface area contributed by atoms with Gasteiger partial charge in [-0.05, 0) is 48.9 Å². The number of nitrogens with zero attached hydrogens (tertiary/aromatic N) is 2. The van der Waals surface area contributed by atoms with E-state index in [1.165, 1.54) is 6.07 Å². The first-order valence-corrected chi connectivity index (χ1v) is 9.30. The number of nitrogens with two attached hydrogens (primary N) is 1. The normalized spacial score (nSPS) is 10.6. The van der Waals surface area contributed by atoms with Crippen LogP contribution >= 0.6 is 0 Å². The molecule has 0 bridgehead atoms. The molecule has 7 nitrogen and oxygen atoms in total. The number of nitrogen functional groups attached to an aromatic ring is 1. The van der Waals surface area contributed by atoms with Crippen LogP contribution in [0.4, 0.5) is 11.4 Å². The fourth-order valence-electron chi connectivity index (χ4n) is 3.08. The first kappa shape index (κ1) is 19.1. The average molecular weight is 397 g/mol. The maximum atomic E-state index is 12.9. The van der Waals surface area contributed by atoms with Crippen LogP contribution in [0.15, 0.2) is 77.7 Å². The molecule has 0 saturated carbocycles. The van der Waals surface area contributed by atoms with E-state index in [-0.39, 0.29) is 11.5 Å². The van der Waals surface area contributed by atoms with E-state index in [1.54, 1.807) is 42.6 Å². The van der Waals surface area contributed by atoms with Gasteiger partial charge in [-0.3, -0.25) is 14.6 Å². The highest BCUT2D eigenvalue weighted by Gasteiger charge is 2.12. The van der Waals surface area contributed by atoms with Gasteiger partial charge in [-0.1, -0.05) is 24.3 Å². The van der Waals surface area contributed by atoms with Crippen LogP contribution in [0.3, 0.4) is 0 Å².